The number of rotatable bonds is 6. The van der Waals surface area contributed by atoms with E-state index in [1.54, 1.807) is 18.2 Å². The molecule has 0 aromatic heterocycles. The molecule has 0 fully saturated rings. The maximum Gasteiger partial charge on any atom is 0.240 e. The molecule has 0 atom stereocenters. The molecule has 0 unspecified atom stereocenters. The van der Waals surface area contributed by atoms with E-state index in [0.717, 1.165) is 6.42 Å². The summed E-state index contributed by atoms with van der Waals surface area (Å²) in [6.07, 6.45) is 0.847. The highest BCUT2D eigenvalue weighted by atomic mass is 32.2. The molecule has 0 saturated carbocycles. The lowest BCUT2D eigenvalue weighted by Gasteiger charge is -2.10. The van der Waals surface area contributed by atoms with Crippen LogP contribution in [0.1, 0.15) is 13.3 Å². The van der Waals surface area contributed by atoms with Crippen LogP contribution in [0.4, 0.5) is 5.69 Å². The molecule has 6 nitrogen and oxygen atoms in total. The summed E-state index contributed by atoms with van der Waals surface area (Å²) in [7, 11) is -3.79. The van der Waals surface area contributed by atoms with Gasteiger partial charge in [-0.1, -0.05) is 19.1 Å². The Bertz CT molecular complexity index is 514. The summed E-state index contributed by atoms with van der Waals surface area (Å²) >= 11 is 0. The predicted molar refractivity (Wildman–Crippen MR) is 69.6 cm³/mol. The van der Waals surface area contributed by atoms with Crippen molar-refractivity contribution in [3.8, 4) is 0 Å². The highest BCUT2D eigenvalue weighted by molar-refractivity contribution is 7.89. The van der Waals surface area contributed by atoms with Crippen LogP contribution < -0.4 is 15.8 Å². The largest absolute Gasteiger partial charge is 0.375 e. The Morgan fingerprint density at radius 1 is 1.33 bits per heavy atom. The normalized spacial score (nSPS) is 11.0. The lowest BCUT2D eigenvalue weighted by atomic mass is 10.3. The maximum absolute atomic E-state index is 11.4. The second kappa shape index (κ2) is 6.36. The monoisotopic (exact) mass is 271 g/mol. The molecule has 0 bridgehead atoms. The minimum Gasteiger partial charge on any atom is -0.375 e. The molecule has 1 rings (SSSR count). The summed E-state index contributed by atoms with van der Waals surface area (Å²) in [5.41, 5.74) is 0.326. The van der Waals surface area contributed by atoms with E-state index in [9.17, 15) is 13.2 Å². The lowest BCUT2D eigenvalue weighted by molar-refractivity contribution is -0.119. The van der Waals surface area contributed by atoms with Crippen molar-refractivity contribution in [2.75, 3.05) is 18.4 Å². The Morgan fingerprint density at radius 2 is 2.00 bits per heavy atom. The first-order chi connectivity index (χ1) is 8.45. The van der Waals surface area contributed by atoms with Gasteiger partial charge in [-0.3, -0.25) is 4.79 Å². The number of amides is 1. The van der Waals surface area contributed by atoms with Gasteiger partial charge in [0.2, 0.25) is 15.9 Å². The molecule has 0 aliphatic heterocycles. The van der Waals surface area contributed by atoms with Gasteiger partial charge in [0.15, 0.2) is 0 Å². The van der Waals surface area contributed by atoms with Crippen molar-refractivity contribution >= 4 is 21.6 Å². The smallest absolute Gasteiger partial charge is 0.240 e. The highest BCUT2D eigenvalue weighted by Gasteiger charge is 2.13. The average molecular weight is 271 g/mol. The molecule has 18 heavy (non-hydrogen) atoms. The molecule has 0 heterocycles. The molecule has 0 radical (unpaired) electrons. The fourth-order valence-electron chi connectivity index (χ4n) is 1.36. The van der Waals surface area contributed by atoms with Gasteiger partial charge < -0.3 is 10.6 Å². The van der Waals surface area contributed by atoms with E-state index in [1.807, 2.05) is 6.92 Å². The first-order valence-electron chi connectivity index (χ1n) is 5.57. The van der Waals surface area contributed by atoms with Crippen LogP contribution in [0.3, 0.4) is 0 Å². The standard InChI is InChI=1S/C11H17N3O3S/c1-2-7-13-11(15)8-14-9-5-3-4-6-10(9)18(12,16)17/h3-6,14H,2,7-8H2,1H3,(H,13,15)(H2,12,16,17). The number of carbonyl (C=O) groups excluding carboxylic acids is 1. The molecule has 4 N–H and O–H groups in total. The summed E-state index contributed by atoms with van der Waals surface area (Å²) in [4.78, 5) is 11.4. The van der Waals surface area contributed by atoms with Gasteiger partial charge in [-0.2, -0.15) is 0 Å². The number of nitrogens with one attached hydrogen (secondary N) is 2. The van der Waals surface area contributed by atoms with Crippen molar-refractivity contribution in [2.45, 2.75) is 18.2 Å². The van der Waals surface area contributed by atoms with Gasteiger partial charge in [0.05, 0.1) is 12.2 Å². The van der Waals surface area contributed by atoms with E-state index in [2.05, 4.69) is 10.6 Å². The highest BCUT2D eigenvalue weighted by Crippen LogP contribution is 2.18. The Hall–Kier alpha value is -1.60. The van der Waals surface area contributed by atoms with E-state index in [4.69, 9.17) is 5.14 Å². The first-order valence-corrected chi connectivity index (χ1v) is 7.12. The van der Waals surface area contributed by atoms with Crippen molar-refractivity contribution in [1.29, 1.82) is 0 Å². The number of sulfonamides is 1. The third kappa shape index (κ3) is 4.34. The Labute approximate surface area is 107 Å². The zero-order valence-electron chi connectivity index (χ0n) is 10.1. The fourth-order valence-corrected chi connectivity index (χ4v) is 2.08. The van der Waals surface area contributed by atoms with Gasteiger partial charge in [0.1, 0.15) is 4.90 Å². The molecule has 0 spiro atoms. The lowest BCUT2D eigenvalue weighted by Crippen LogP contribution is -2.30. The van der Waals surface area contributed by atoms with E-state index in [0.29, 0.717) is 12.2 Å². The molecular formula is C11H17N3O3S. The molecule has 0 aliphatic carbocycles. The van der Waals surface area contributed by atoms with Gasteiger partial charge in [0, 0.05) is 6.54 Å². The summed E-state index contributed by atoms with van der Waals surface area (Å²) in [6, 6.07) is 6.19. The van der Waals surface area contributed by atoms with Gasteiger partial charge in [-0.05, 0) is 18.6 Å². The van der Waals surface area contributed by atoms with E-state index in [1.165, 1.54) is 6.07 Å². The summed E-state index contributed by atoms with van der Waals surface area (Å²) in [5.74, 6) is -0.193. The SMILES string of the molecule is CCCNC(=O)CNc1ccccc1S(N)(=O)=O. The van der Waals surface area contributed by atoms with Crippen LogP contribution in [-0.2, 0) is 14.8 Å². The third-order valence-electron chi connectivity index (χ3n) is 2.21. The quantitative estimate of drug-likeness (QED) is 0.691. The van der Waals surface area contributed by atoms with Gasteiger partial charge in [-0.25, -0.2) is 13.6 Å². The van der Waals surface area contributed by atoms with Crippen LogP contribution in [0.25, 0.3) is 0 Å². The first kappa shape index (κ1) is 14.5. The van der Waals surface area contributed by atoms with E-state index in [-0.39, 0.29) is 17.3 Å². The number of anilines is 1. The predicted octanol–water partition coefficient (Wildman–Crippen LogP) is 0.272. The molecule has 1 aromatic rings. The third-order valence-corrected chi connectivity index (χ3v) is 3.17. The van der Waals surface area contributed by atoms with Crippen molar-refractivity contribution in [1.82, 2.24) is 5.32 Å². The number of carbonyl (C=O) groups is 1. The average Bonchev–Trinajstić information content (AvgIpc) is 2.33. The minimum atomic E-state index is -3.79. The van der Waals surface area contributed by atoms with Crippen molar-refractivity contribution < 1.29 is 13.2 Å². The topological polar surface area (TPSA) is 101 Å². The molecular weight excluding hydrogens is 254 g/mol. The summed E-state index contributed by atoms with van der Waals surface area (Å²) in [5, 5.41) is 10.5. The van der Waals surface area contributed by atoms with Crippen molar-refractivity contribution in [3.05, 3.63) is 24.3 Å². The van der Waals surface area contributed by atoms with Crippen LogP contribution in [-0.4, -0.2) is 27.4 Å². The van der Waals surface area contributed by atoms with Gasteiger partial charge in [-0.15, -0.1) is 0 Å². The number of primary sulfonamides is 1. The second-order valence-electron chi connectivity index (χ2n) is 3.74. The molecule has 7 heteroatoms. The van der Waals surface area contributed by atoms with Crippen LogP contribution in [0.2, 0.25) is 0 Å². The zero-order valence-corrected chi connectivity index (χ0v) is 11.0. The molecule has 100 valence electrons. The molecule has 0 saturated heterocycles. The molecule has 1 aromatic carbocycles. The molecule has 0 aliphatic rings. The van der Waals surface area contributed by atoms with Crippen molar-refractivity contribution in [3.63, 3.8) is 0 Å². The zero-order chi connectivity index (χ0) is 13.6. The summed E-state index contributed by atoms with van der Waals surface area (Å²) in [6.45, 7) is 2.55. The van der Waals surface area contributed by atoms with Crippen LogP contribution >= 0.6 is 0 Å². The molecule has 1 amide bonds. The van der Waals surface area contributed by atoms with Gasteiger partial charge in [0.25, 0.3) is 0 Å². The number of hydrogen-bond donors (Lipinski definition) is 3. The Morgan fingerprint density at radius 3 is 2.61 bits per heavy atom. The van der Waals surface area contributed by atoms with Crippen molar-refractivity contribution in [2.24, 2.45) is 5.14 Å². The number of hydrogen-bond acceptors (Lipinski definition) is 4. The Balaban J connectivity index is 2.71. The number of benzene rings is 1. The van der Waals surface area contributed by atoms with E-state index >= 15 is 0 Å². The second-order valence-corrected chi connectivity index (χ2v) is 5.27. The fraction of sp³-hybridized carbons (Fsp3) is 0.364. The summed E-state index contributed by atoms with van der Waals surface area (Å²) < 4.78 is 22.6. The van der Waals surface area contributed by atoms with Crippen LogP contribution in [0.15, 0.2) is 29.2 Å². The van der Waals surface area contributed by atoms with Gasteiger partial charge >= 0.3 is 0 Å². The number of para-hydroxylation sites is 1. The maximum atomic E-state index is 11.4. The van der Waals surface area contributed by atoms with E-state index < -0.39 is 10.0 Å². The number of nitrogens with two attached hydrogens (primary N) is 1. The minimum absolute atomic E-state index is 0.00648. The van der Waals surface area contributed by atoms with Crippen LogP contribution in [0, 0.1) is 0 Å². The van der Waals surface area contributed by atoms with Crippen LogP contribution in [0.5, 0.6) is 0 Å². The Kier molecular flexibility index (Phi) is 5.11.